The van der Waals surface area contributed by atoms with E-state index in [0.29, 0.717) is 5.41 Å². The van der Waals surface area contributed by atoms with Gasteiger partial charge in [0.15, 0.2) is 0 Å². The van der Waals surface area contributed by atoms with Crippen molar-refractivity contribution in [2.45, 2.75) is 53.4 Å². The fourth-order valence-corrected chi connectivity index (χ4v) is 4.62. The molecule has 0 amide bonds. The average molecular weight is 204 g/mol. The molecule has 3 aliphatic rings. The SMILES string of the molecule is CC1=C2[C@@H](CC1)[C@H](C)CC[C@H]1[C@@H]2C1(C)C. The zero-order valence-electron chi connectivity index (χ0n) is 10.6. The standard InChI is InChI=1S/C15H24/c1-9-6-8-12-14(15(12,3)4)13-10(2)5-7-11(9)13/h9,11-12,14H,5-8H2,1-4H3/t9-,11+,12+,14+/m1/s1. The fraction of sp³-hybridized carbons (Fsp3) is 0.867. The minimum Gasteiger partial charge on any atom is -0.0735 e. The van der Waals surface area contributed by atoms with Crippen LogP contribution in [0.15, 0.2) is 11.1 Å². The van der Waals surface area contributed by atoms with Crippen LogP contribution in [0.1, 0.15) is 53.4 Å². The van der Waals surface area contributed by atoms with Crippen LogP contribution in [-0.2, 0) is 0 Å². The van der Waals surface area contributed by atoms with E-state index in [1.54, 1.807) is 5.57 Å². The van der Waals surface area contributed by atoms with Gasteiger partial charge in [-0.15, -0.1) is 0 Å². The maximum Gasteiger partial charge on any atom is -0.0110 e. The van der Waals surface area contributed by atoms with Crippen LogP contribution in [0.2, 0.25) is 0 Å². The van der Waals surface area contributed by atoms with E-state index < -0.39 is 0 Å². The van der Waals surface area contributed by atoms with Crippen molar-refractivity contribution in [2.24, 2.45) is 29.1 Å². The van der Waals surface area contributed by atoms with Crippen LogP contribution in [0.4, 0.5) is 0 Å². The van der Waals surface area contributed by atoms with E-state index >= 15 is 0 Å². The van der Waals surface area contributed by atoms with Gasteiger partial charge in [-0.2, -0.15) is 0 Å². The summed E-state index contributed by atoms with van der Waals surface area (Å²) in [6, 6.07) is 0. The van der Waals surface area contributed by atoms with E-state index in [4.69, 9.17) is 0 Å². The van der Waals surface area contributed by atoms with Crippen LogP contribution in [-0.4, -0.2) is 0 Å². The summed E-state index contributed by atoms with van der Waals surface area (Å²) < 4.78 is 0. The van der Waals surface area contributed by atoms with Crippen LogP contribution in [0, 0.1) is 29.1 Å². The van der Waals surface area contributed by atoms with E-state index in [1.165, 1.54) is 25.7 Å². The molecule has 2 fully saturated rings. The van der Waals surface area contributed by atoms with Crippen LogP contribution in [0.5, 0.6) is 0 Å². The molecule has 0 heterocycles. The Bertz CT molecular complexity index is 321. The van der Waals surface area contributed by atoms with Crippen molar-refractivity contribution in [1.29, 1.82) is 0 Å². The molecule has 0 spiro atoms. The minimum atomic E-state index is 0.638. The molecule has 4 atom stereocenters. The molecule has 0 aromatic heterocycles. The molecule has 15 heavy (non-hydrogen) atoms. The van der Waals surface area contributed by atoms with Crippen molar-refractivity contribution in [1.82, 2.24) is 0 Å². The van der Waals surface area contributed by atoms with Crippen LogP contribution < -0.4 is 0 Å². The zero-order chi connectivity index (χ0) is 10.8. The Morgan fingerprint density at radius 3 is 2.60 bits per heavy atom. The van der Waals surface area contributed by atoms with Gasteiger partial charge in [-0.05, 0) is 61.7 Å². The number of hydrogen-bond acceptors (Lipinski definition) is 0. The Morgan fingerprint density at radius 1 is 1.13 bits per heavy atom. The third-order valence-corrected chi connectivity index (χ3v) is 5.73. The van der Waals surface area contributed by atoms with Crippen molar-refractivity contribution in [3.63, 3.8) is 0 Å². The van der Waals surface area contributed by atoms with Gasteiger partial charge in [0.05, 0.1) is 0 Å². The normalized spacial score (nSPS) is 47.2. The van der Waals surface area contributed by atoms with Crippen LogP contribution >= 0.6 is 0 Å². The number of hydrogen-bond donors (Lipinski definition) is 0. The maximum atomic E-state index is 2.49. The fourth-order valence-electron chi connectivity index (χ4n) is 4.62. The maximum absolute atomic E-state index is 2.49. The van der Waals surface area contributed by atoms with Crippen molar-refractivity contribution in [3.05, 3.63) is 11.1 Å². The Kier molecular flexibility index (Phi) is 1.92. The first-order chi connectivity index (χ1) is 7.03. The van der Waals surface area contributed by atoms with E-state index in [2.05, 4.69) is 27.7 Å². The third-order valence-electron chi connectivity index (χ3n) is 5.73. The Morgan fingerprint density at radius 2 is 1.87 bits per heavy atom. The molecule has 0 radical (unpaired) electrons. The second-order valence-corrected chi connectivity index (χ2v) is 6.84. The first-order valence-electron chi connectivity index (χ1n) is 6.73. The molecule has 3 rings (SSSR count). The van der Waals surface area contributed by atoms with E-state index in [9.17, 15) is 0 Å². The monoisotopic (exact) mass is 204 g/mol. The highest BCUT2D eigenvalue weighted by molar-refractivity contribution is 5.34. The highest BCUT2D eigenvalue weighted by Crippen LogP contribution is 2.69. The molecule has 0 saturated heterocycles. The topological polar surface area (TPSA) is 0 Å². The predicted octanol–water partition coefficient (Wildman–Crippen LogP) is 4.42. The van der Waals surface area contributed by atoms with Crippen molar-refractivity contribution < 1.29 is 0 Å². The lowest BCUT2D eigenvalue weighted by Crippen LogP contribution is -2.13. The van der Waals surface area contributed by atoms with Crippen molar-refractivity contribution in [2.75, 3.05) is 0 Å². The lowest BCUT2D eigenvalue weighted by atomic mass is 9.82. The summed E-state index contributed by atoms with van der Waals surface area (Å²) in [6.45, 7) is 9.88. The summed E-state index contributed by atoms with van der Waals surface area (Å²) in [5.74, 6) is 3.91. The summed E-state index contributed by atoms with van der Waals surface area (Å²) in [4.78, 5) is 0. The van der Waals surface area contributed by atoms with Gasteiger partial charge < -0.3 is 0 Å². The second kappa shape index (κ2) is 2.90. The predicted molar refractivity (Wildman–Crippen MR) is 64.6 cm³/mol. The van der Waals surface area contributed by atoms with Gasteiger partial charge in [0.2, 0.25) is 0 Å². The number of rotatable bonds is 0. The molecule has 0 nitrogen and oxygen atoms in total. The molecule has 3 aliphatic carbocycles. The van der Waals surface area contributed by atoms with Gasteiger partial charge in [-0.3, -0.25) is 0 Å². The molecule has 0 aliphatic heterocycles. The molecule has 0 heteroatoms. The largest absolute Gasteiger partial charge is 0.0735 e. The quantitative estimate of drug-likeness (QED) is 0.513. The Hall–Kier alpha value is -0.260. The molecule has 0 aromatic carbocycles. The number of allylic oxidation sites excluding steroid dienone is 2. The summed E-state index contributed by atoms with van der Waals surface area (Å²) in [5, 5.41) is 0. The first-order valence-corrected chi connectivity index (χ1v) is 6.73. The van der Waals surface area contributed by atoms with Crippen LogP contribution in [0.3, 0.4) is 0 Å². The van der Waals surface area contributed by atoms with Crippen molar-refractivity contribution >= 4 is 0 Å². The molecular formula is C15H24. The Balaban J connectivity index is 2.00. The highest BCUT2D eigenvalue weighted by atomic mass is 14.7. The lowest BCUT2D eigenvalue weighted by molar-refractivity contribution is 0.351. The van der Waals surface area contributed by atoms with Gasteiger partial charge in [-0.25, -0.2) is 0 Å². The summed E-state index contributed by atoms with van der Waals surface area (Å²) in [5.41, 5.74) is 4.31. The molecule has 0 bridgehead atoms. The zero-order valence-corrected chi connectivity index (χ0v) is 10.6. The first kappa shape index (κ1) is 9.93. The third kappa shape index (κ3) is 1.20. The van der Waals surface area contributed by atoms with E-state index in [0.717, 1.165) is 23.7 Å². The molecule has 84 valence electrons. The second-order valence-electron chi connectivity index (χ2n) is 6.84. The van der Waals surface area contributed by atoms with Gasteiger partial charge in [-0.1, -0.05) is 31.9 Å². The minimum absolute atomic E-state index is 0.638. The molecular weight excluding hydrogens is 180 g/mol. The Labute approximate surface area is 94.1 Å². The van der Waals surface area contributed by atoms with Gasteiger partial charge in [0.1, 0.15) is 0 Å². The highest BCUT2D eigenvalue weighted by Gasteiger charge is 2.61. The van der Waals surface area contributed by atoms with E-state index in [-0.39, 0.29) is 0 Å². The lowest BCUT2D eigenvalue weighted by Gasteiger charge is -2.23. The summed E-state index contributed by atoms with van der Waals surface area (Å²) >= 11 is 0. The van der Waals surface area contributed by atoms with Gasteiger partial charge in [0.25, 0.3) is 0 Å². The van der Waals surface area contributed by atoms with Gasteiger partial charge in [0, 0.05) is 0 Å². The molecule has 0 aromatic rings. The van der Waals surface area contributed by atoms with E-state index in [1.807, 2.05) is 5.57 Å². The summed E-state index contributed by atoms with van der Waals surface area (Å²) in [7, 11) is 0. The molecule has 0 N–H and O–H groups in total. The van der Waals surface area contributed by atoms with Gasteiger partial charge >= 0.3 is 0 Å². The van der Waals surface area contributed by atoms with Crippen LogP contribution in [0.25, 0.3) is 0 Å². The molecule has 2 saturated carbocycles. The smallest absolute Gasteiger partial charge is 0.0110 e. The summed E-state index contributed by atoms with van der Waals surface area (Å²) in [6.07, 6.45) is 5.82. The number of fused-ring (bicyclic) bond motifs is 3. The van der Waals surface area contributed by atoms with Crippen molar-refractivity contribution in [3.8, 4) is 0 Å². The average Bonchev–Trinajstić information content (AvgIpc) is 2.55. The molecule has 0 unspecified atom stereocenters.